The van der Waals surface area contributed by atoms with E-state index in [2.05, 4.69) is 20.9 Å². The van der Waals surface area contributed by atoms with Crippen LogP contribution in [0, 0.1) is 11.8 Å². The zero-order valence-corrected chi connectivity index (χ0v) is 23.4. The lowest BCUT2D eigenvalue weighted by Crippen LogP contribution is -2.33. The summed E-state index contributed by atoms with van der Waals surface area (Å²) in [6.07, 6.45) is -8.48. The molecule has 2 aromatic rings. The van der Waals surface area contributed by atoms with Crippen molar-refractivity contribution >= 4 is 27.9 Å². The van der Waals surface area contributed by atoms with E-state index in [9.17, 15) is 47.9 Å². The minimum Gasteiger partial charge on any atom is -0.475 e. The van der Waals surface area contributed by atoms with Crippen LogP contribution in [0.4, 0.5) is 39.5 Å². The molecule has 254 valence electrons. The van der Waals surface area contributed by atoms with Gasteiger partial charge in [-0.15, -0.1) is 0 Å². The first-order valence-corrected chi connectivity index (χ1v) is 13.3. The van der Waals surface area contributed by atoms with E-state index >= 15 is 0 Å². The van der Waals surface area contributed by atoms with Crippen LogP contribution in [0.25, 0.3) is 0 Å². The maximum absolute atomic E-state index is 12.7. The maximum Gasteiger partial charge on any atom is 0.490 e. The van der Waals surface area contributed by atoms with E-state index in [1.165, 1.54) is 11.9 Å². The minimum absolute atomic E-state index is 0.150. The van der Waals surface area contributed by atoms with Gasteiger partial charge in [0.2, 0.25) is 0 Å². The van der Waals surface area contributed by atoms with Crippen LogP contribution in [-0.4, -0.2) is 110 Å². The Labute approximate surface area is 247 Å². The average Bonchev–Trinajstić information content (AvgIpc) is 3.59. The number of imidazole rings is 1. The monoisotopic (exact) mass is 689 g/mol. The zero-order chi connectivity index (χ0) is 35.0. The van der Waals surface area contributed by atoms with Gasteiger partial charge in [0, 0.05) is 58.4 Å². The summed E-state index contributed by atoms with van der Waals surface area (Å²) >= 11 is 0. The van der Waals surface area contributed by atoms with Gasteiger partial charge in [-0.2, -0.15) is 43.8 Å². The Kier molecular flexibility index (Phi) is 13.3. The Morgan fingerprint density at radius 1 is 0.844 bits per heavy atom. The molecule has 0 radical (unpaired) electrons. The highest BCUT2D eigenvalue weighted by Gasteiger charge is 2.45. The maximum atomic E-state index is 12.7. The van der Waals surface area contributed by atoms with Crippen molar-refractivity contribution in [1.82, 2.24) is 23.7 Å². The predicted octanol–water partition coefficient (Wildman–Crippen LogP) is 2.47. The van der Waals surface area contributed by atoms with Crippen molar-refractivity contribution in [1.29, 1.82) is 0 Å². The number of rotatable bonds is 4. The first-order chi connectivity index (χ1) is 20.4. The number of aryl methyl sites for hydroxylation is 1. The number of nitrogens with zero attached hydrogens (tertiary/aromatic N) is 5. The summed E-state index contributed by atoms with van der Waals surface area (Å²) in [6, 6.07) is 4.03. The topological polar surface area (TPSA) is 183 Å². The third-order valence-corrected chi connectivity index (χ3v) is 7.39. The van der Waals surface area contributed by atoms with Gasteiger partial charge in [0.1, 0.15) is 0 Å². The van der Waals surface area contributed by atoms with Crippen LogP contribution in [0.2, 0.25) is 0 Å². The third kappa shape index (κ3) is 12.9. The summed E-state index contributed by atoms with van der Waals surface area (Å²) in [5.74, 6) is -7.46. The summed E-state index contributed by atoms with van der Waals surface area (Å²) in [7, 11) is -1.68. The van der Waals surface area contributed by atoms with Gasteiger partial charge >= 0.3 is 36.4 Å². The molecule has 0 amide bonds. The molecule has 2 aromatic heterocycles. The molecule has 4 rings (SSSR count). The molecule has 2 atom stereocenters. The highest BCUT2D eigenvalue weighted by atomic mass is 32.2. The van der Waals surface area contributed by atoms with E-state index in [-0.39, 0.29) is 5.03 Å². The van der Waals surface area contributed by atoms with Crippen molar-refractivity contribution in [3.05, 3.63) is 42.6 Å². The van der Waals surface area contributed by atoms with Crippen molar-refractivity contribution in [2.45, 2.75) is 30.1 Å². The zero-order valence-electron chi connectivity index (χ0n) is 22.6. The molecule has 3 N–H and O–H groups in total. The Balaban J connectivity index is 0.000000396. The molecular weight excluding hydrogens is 665 g/mol. The number of pyridine rings is 1. The summed E-state index contributed by atoms with van der Waals surface area (Å²) in [6.45, 7) is 3.94. The molecule has 0 spiro atoms. The van der Waals surface area contributed by atoms with Gasteiger partial charge in [-0.25, -0.2) is 27.8 Å². The summed E-state index contributed by atoms with van der Waals surface area (Å²) in [5, 5.41) is 21.5. The molecule has 0 saturated carbocycles. The van der Waals surface area contributed by atoms with E-state index in [1.807, 2.05) is 12.3 Å². The van der Waals surface area contributed by atoms with Gasteiger partial charge in [-0.05, 0) is 23.5 Å². The van der Waals surface area contributed by atoms with Gasteiger partial charge in [0.05, 0.1) is 6.33 Å². The Bertz CT molecular complexity index is 1330. The van der Waals surface area contributed by atoms with Gasteiger partial charge in [0.15, 0.2) is 5.03 Å². The number of hydrogen-bond donors (Lipinski definition) is 3. The molecule has 13 nitrogen and oxygen atoms in total. The normalized spacial score (nSPS) is 18.7. The van der Waals surface area contributed by atoms with Gasteiger partial charge < -0.3 is 19.9 Å². The second-order valence-electron chi connectivity index (χ2n) is 9.18. The van der Waals surface area contributed by atoms with E-state index in [4.69, 9.17) is 29.7 Å². The highest BCUT2D eigenvalue weighted by molar-refractivity contribution is 7.89. The second-order valence-corrected chi connectivity index (χ2v) is 11.1. The Morgan fingerprint density at radius 2 is 1.27 bits per heavy atom. The lowest BCUT2D eigenvalue weighted by atomic mass is 10.0. The molecule has 45 heavy (non-hydrogen) atoms. The van der Waals surface area contributed by atoms with Gasteiger partial charge in [0.25, 0.3) is 10.0 Å². The van der Waals surface area contributed by atoms with Gasteiger partial charge in [-0.1, -0.05) is 6.07 Å². The molecule has 4 heterocycles. The number of carbonyl (C=O) groups is 3. The van der Waals surface area contributed by atoms with Crippen LogP contribution in [0.1, 0.15) is 5.56 Å². The fraction of sp³-hybridized carbons (Fsp3) is 0.500. The van der Waals surface area contributed by atoms with Crippen molar-refractivity contribution in [2.24, 2.45) is 18.9 Å². The lowest BCUT2D eigenvalue weighted by molar-refractivity contribution is -0.193. The number of aliphatic carboxylic acids is 3. The fourth-order valence-corrected chi connectivity index (χ4v) is 5.30. The molecular formula is C22H24F9N5O8S. The molecule has 2 saturated heterocycles. The number of halogens is 9. The SMILES string of the molecule is Cn1cnc(S(=O)(=O)N2C[C@H]3CN(Cc4cccnc4)C[C@H]3C2)c1.O=C(O)C(F)(F)F.O=C(O)C(F)(F)F.O=C(O)C(F)(F)F. The molecule has 2 aliphatic heterocycles. The minimum atomic E-state index is -5.08. The fourth-order valence-electron chi connectivity index (χ4n) is 3.78. The Morgan fingerprint density at radius 3 is 1.58 bits per heavy atom. The number of sulfonamides is 1. The van der Waals surface area contributed by atoms with Crippen LogP contribution in [0.15, 0.2) is 42.1 Å². The Hall–Kier alpha value is -3.99. The highest BCUT2D eigenvalue weighted by Crippen LogP contribution is 2.34. The first kappa shape index (κ1) is 39.0. The van der Waals surface area contributed by atoms with Crippen LogP contribution >= 0.6 is 0 Å². The molecule has 0 aromatic carbocycles. The summed E-state index contributed by atoms with van der Waals surface area (Å²) in [4.78, 5) is 37.3. The van der Waals surface area contributed by atoms with Crippen molar-refractivity contribution in [2.75, 3.05) is 26.2 Å². The van der Waals surface area contributed by atoms with Crippen LogP contribution in [-0.2, 0) is 38.0 Å². The molecule has 0 unspecified atom stereocenters. The average molecular weight is 690 g/mol. The van der Waals surface area contributed by atoms with E-state index in [0.29, 0.717) is 24.9 Å². The molecule has 0 aliphatic carbocycles. The number of aromatic nitrogens is 3. The smallest absolute Gasteiger partial charge is 0.475 e. The molecule has 2 aliphatic rings. The number of likely N-dealkylation sites (tertiary alicyclic amines) is 1. The van der Waals surface area contributed by atoms with Crippen LogP contribution in [0.5, 0.6) is 0 Å². The number of fused-ring (bicyclic) bond motifs is 1. The van der Waals surface area contributed by atoms with E-state index in [0.717, 1.165) is 19.6 Å². The third-order valence-electron chi connectivity index (χ3n) is 5.67. The largest absolute Gasteiger partial charge is 0.490 e. The number of hydrogen-bond acceptors (Lipinski definition) is 8. The van der Waals surface area contributed by atoms with Crippen molar-refractivity contribution in [3.63, 3.8) is 0 Å². The quantitative estimate of drug-likeness (QED) is 0.401. The van der Waals surface area contributed by atoms with Crippen LogP contribution in [0.3, 0.4) is 0 Å². The summed E-state index contributed by atoms with van der Waals surface area (Å²) < 4.78 is 124. The second kappa shape index (κ2) is 15.3. The van der Waals surface area contributed by atoms with Crippen molar-refractivity contribution < 1.29 is 77.6 Å². The number of carboxylic acids is 3. The van der Waals surface area contributed by atoms with Gasteiger partial charge in [-0.3, -0.25) is 9.88 Å². The summed E-state index contributed by atoms with van der Waals surface area (Å²) in [5.41, 5.74) is 1.20. The van der Waals surface area contributed by atoms with E-state index < -0.39 is 46.5 Å². The number of alkyl halides is 9. The van der Waals surface area contributed by atoms with Crippen LogP contribution < -0.4 is 0 Å². The molecule has 2 fully saturated rings. The standard InChI is InChI=1S/C16H21N5O2S.3C2HF3O2/c1-19-11-16(18-12-19)24(22,23)21-9-14-7-20(8-15(14)10-21)6-13-3-2-4-17-5-13;3*3-2(4,5)1(6)7/h2-5,11-12,14-15H,6-10H2,1H3;3*(H,6,7)/t14-,15+;;;. The first-order valence-electron chi connectivity index (χ1n) is 11.8. The lowest BCUT2D eigenvalue weighted by Gasteiger charge is -2.20. The molecule has 0 bridgehead atoms. The van der Waals surface area contributed by atoms with Crippen molar-refractivity contribution in [3.8, 4) is 0 Å². The van der Waals surface area contributed by atoms with E-state index in [1.54, 1.807) is 28.3 Å². The predicted molar refractivity (Wildman–Crippen MR) is 130 cm³/mol. The number of carboxylic acid groups (broad SMARTS) is 3. The molecule has 23 heteroatoms.